The van der Waals surface area contributed by atoms with Gasteiger partial charge in [-0.05, 0) is 54.1 Å². The Kier molecular flexibility index (Phi) is 6.18. The second kappa shape index (κ2) is 8.81. The van der Waals surface area contributed by atoms with Gasteiger partial charge in [0, 0.05) is 41.2 Å². The number of ether oxygens (including phenoxy) is 1. The van der Waals surface area contributed by atoms with Crippen LogP contribution in [0, 0.1) is 0 Å². The first kappa shape index (κ1) is 23.9. The van der Waals surface area contributed by atoms with Crippen LogP contribution in [0.2, 0.25) is 5.02 Å². The van der Waals surface area contributed by atoms with E-state index in [4.69, 9.17) is 16.3 Å². The zero-order chi connectivity index (χ0) is 24.7. The maximum Gasteiger partial charge on any atom is 0.263 e. The summed E-state index contributed by atoms with van der Waals surface area (Å²) < 4.78 is 33.7. The minimum absolute atomic E-state index is 0.0240. The average Bonchev–Trinajstić information content (AvgIpc) is 3.00. The molecule has 6 nitrogen and oxygen atoms in total. The summed E-state index contributed by atoms with van der Waals surface area (Å²) in [5, 5.41) is 0.0240. The maximum absolute atomic E-state index is 13.2. The lowest BCUT2D eigenvalue weighted by Crippen LogP contribution is -2.24. The highest BCUT2D eigenvalue weighted by atomic mass is 35.5. The summed E-state index contributed by atoms with van der Waals surface area (Å²) in [5.74, 6) is 0.295. The fourth-order valence-electron chi connectivity index (χ4n) is 4.20. The number of fused-ring (bicyclic) bond motifs is 1. The fraction of sp³-hybridized carbons (Fsp3) is 0.192. The van der Waals surface area contributed by atoms with Gasteiger partial charge in [0.25, 0.3) is 10.0 Å². The molecular weight excluding hydrogens is 472 g/mol. The van der Waals surface area contributed by atoms with Gasteiger partial charge in [-0.15, -0.1) is 0 Å². The SMILES string of the molecule is COc1ccc(NS(=O)(=O)c2cc(C(=O)/C=C3\N(C)c4ccccc4C3(C)C)ccc2Cl)cc1. The molecule has 0 bridgehead atoms. The van der Waals surface area contributed by atoms with Crippen molar-refractivity contribution >= 4 is 38.8 Å². The van der Waals surface area contributed by atoms with E-state index in [0.29, 0.717) is 11.4 Å². The van der Waals surface area contributed by atoms with Crippen molar-refractivity contribution in [2.45, 2.75) is 24.2 Å². The molecule has 0 aliphatic carbocycles. The van der Waals surface area contributed by atoms with Gasteiger partial charge in [0.15, 0.2) is 5.78 Å². The van der Waals surface area contributed by atoms with Gasteiger partial charge >= 0.3 is 0 Å². The molecule has 4 rings (SSSR count). The van der Waals surface area contributed by atoms with Gasteiger partial charge in [-0.2, -0.15) is 0 Å². The number of rotatable bonds is 6. The molecule has 1 aliphatic heterocycles. The number of hydrogen-bond donors (Lipinski definition) is 1. The molecule has 0 radical (unpaired) electrons. The van der Waals surface area contributed by atoms with Gasteiger partial charge in [-0.1, -0.05) is 43.6 Å². The molecule has 3 aromatic rings. The molecule has 8 heteroatoms. The highest BCUT2D eigenvalue weighted by Crippen LogP contribution is 2.46. The normalized spacial score (nSPS) is 15.8. The van der Waals surface area contributed by atoms with E-state index in [-0.39, 0.29) is 26.7 Å². The van der Waals surface area contributed by atoms with Gasteiger partial charge < -0.3 is 9.64 Å². The van der Waals surface area contributed by atoms with Gasteiger partial charge in [0.2, 0.25) is 0 Å². The Balaban J connectivity index is 1.66. The number of allylic oxidation sites excluding steroid dienone is 2. The predicted molar refractivity (Wildman–Crippen MR) is 136 cm³/mol. The third-order valence-electron chi connectivity index (χ3n) is 6.06. The first-order valence-corrected chi connectivity index (χ1v) is 12.5. The molecular formula is C26H25ClN2O4S. The van der Waals surface area contributed by atoms with Crippen molar-refractivity contribution < 1.29 is 17.9 Å². The van der Waals surface area contributed by atoms with Crippen LogP contribution in [0.4, 0.5) is 11.4 Å². The molecule has 0 amide bonds. The van der Waals surface area contributed by atoms with Gasteiger partial charge in [0.1, 0.15) is 10.6 Å². The van der Waals surface area contributed by atoms with Gasteiger partial charge in [-0.25, -0.2) is 8.42 Å². The van der Waals surface area contributed by atoms with Crippen LogP contribution in [-0.4, -0.2) is 28.4 Å². The highest BCUT2D eigenvalue weighted by Gasteiger charge is 2.38. The lowest BCUT2D eigenvalue weighted by molar-refractivity contribution is 0.104. The summed E-state index contributed by atoms with van der Waals surface area (Å²) in [6.07, 6.45) is 1.57. The highest BCUT2D eigenvalue weighted by molar-refractivity contribution is 7.92. The standard InChI is InChI=1S/C26H25ClN2O4S/c1-26(2)20-7-5-6-8-22(20)29(3)25(26)16-23(30)17-9-14-21(27)24(15-17)34(31,32)28-18-10-12-19(33-4)13-11-18/h5-16,28H,1-4H3/b25-16-. The molecule has 0 atom stereocenters. The number of nitrogens with zero attached hydrogens (tertiary/aromatic N) is 1. The largest absolute Gasteiger partial charge is 0.497 e. The smallest absolute Gasteiger partial charge is 0.263 e. The number of benzene rings is 3. The van der Waals surface area contributed by atoms with Crippen molar-refractivity contribution in [1.29, 1.82) is 0 Å². The number of hydrogen-bond acceptors (Lipinski definition) is 5. The van der Waals surface area contributed by atoms with E-state index >= 15 is 0 Å². The summed E-state index contributed by atoms with van der Waals surface area (Å²) in [6.45, 7) is 4.12. The van der Waals surface area contributed by atoms with Crippen molar-refractivity contribution in [2.75, 3.05) is 23.8 Å². The molecule has 0 spiro atoms. The molecule has 0 fully saturated rings. The molecule has 1 N–H and O–H groups in total. The zero-order valence-corrected chi connectivity index (χ0v) is 20.9. The maximum atomic E-state index is 13.2. The molecule has 0 unspecified atom stereocenters. The Morgan fingerprint density at radius 2 is 1.74 bits per heavy atom. The van der Waals surface area contributed by atoms with Crippen LogP contribution in [0.3, 0.4) is 0 Å². The Labute approximate surface area is 204 Å². The Bertz CT molecular complexity index is 1400. The topological polar surface area (TPSA) is 75.7 Å². The minimum atomic E-state index is -4.03. The van der Waals surface area contributed by atoms with E-state index in [2.05, 4.69) is 24.6 Å². The number of sulfonamides is 1. The van der Waals surface area contributed by atoms with Crippen LogP contribution >= 0.6 is 11.6 Å². The van der Waals surface area contributed by atoms with Gasteiger partial charge in [0.05, 0.1) is 12.1 Å². The van der Waals surface area contributed by atoms with Gasteiger partial charge in [-0.3, -0.25) is 9.52 Å². The Morgan fingerprint density at radius 3 is 2.38 bits per heavy atom. The van der Waals surface area contributed by atoms with Crippen LogP contribution in [0.15, 0.2) is 83.4 Å². The lowest BCUT2D eigenvalue weighted by Gasteiger charge is -2.24. The molecule has 34 heavy (non-hydrogen) atoms. The average molecular weight is 497 g/mol. The van der Waals surface area contributed by atoms with E-state index in [1.807, 2.05) is 30.1 Å². The Hall–Kier alpha value is -3.29. The summed E-state index contributed by atoms with van der Waals surface area (Å²) in [4.78, 5) is 15.1. The molecule has 1 heterocycles. The molecule has 1 aliphatic rings. The number of carbonyl (C=O) groups is 1. The number of ketones is 1. The summed E-state index contributed by atoms with van der Waals surface area (Å²) >= 11 is 6.22. The Morgan fingerprint density at radius 1 is 1.06 bits per heavy atom. The number of carbonyl (C=O) groups excluding carboxylic acids is 1. The second-order valence-electron chi connectivity index (χ2n) is 8.57. The van der Waals surface area contributed by atoms with Crippen LogP contribution in [0.5, 0.6) is 5.75 Å². The van der Waals surface area contributed by atoms with E-state index in [9.17, 15) is 13.2 Å². The van der Waals surface area contributed by atoms with Crippen molar-refractivity contribution in [3.8, 4) is 5.75 Å². The first-order chi connectivity index (χ1) is 16.0. The molecule has 176 valence electrons. The molecule has 0 saturated carbocycles. The van der Waals surface area contributed by atoms with Crippen molar-refractivity contribution in [3.05, 3.63) is 94.7 Å². The van der Waals surface area contributed by atoms with E-state index in [1.165, 1.54) is 25.3 Å². The predicted octanol–water partition coefficient (Wildman–Crippen LogP) is 5.64. The number of nitrogens with one attached hydrogen (secondary N) is 1. The van der Waals surface area contributed by atoms with Crippen LogP contribution in [0.25, 0.3) is 0 Å². The van der Waals surface area contributed by atoms with E-state index < -0.39 is 10.0 Å². The number of methoxy groups -OCH3 is 1. The fourth-order valence-corrected chi connectivity index (χ4v) is 5.78. The summed E-state index contributed by atoms with van der Waals surface area (Å²) in [5.41, 5.74) is 3.19. The van der Waals surface area contributed by atoms with E-state index in [0.717, 1.165) is 16.9 Å². The molecule has 0 aromatic heterocycles. The molecule has 0 saturated heterocycles. The quantitative estimate of drug-likeness (QED) is 0.353. The van der Waals surface area contributed by atoms with E-state index in [1.54, 1.807) is 30.3 Å². The van der Waals surface area contributed by atoms with Crippen LogP contribution < -0.4 is 14.4 Å². The number of halogens is 1. The van der Waals surface area contributed by atoms with Crippen molar-refractivity contribution in [1.82, 2.24) is 0 Å². The van der Waals surface area contributed by atoms with Crippen LogP contribution in [0.1, 0.15) is 29.8 Å². The lowest BCUT2D eigenvalue weighted by atomic mass is 9.83. The molecule has 3 aromatic carbocycles. The van der Waals surface area contributed by atoms with Crippen LogP contribution in [-0.2, 0) is 15.4 Å². The number of para-hydroxylation sites is 1. The van der Waals surface area contributed by atoms with Crippen molar-refractivity contribution in [3.63, 3.8) is 0 Å². The first-order valence-electron chi connectivity index (χ1n) is 10.6. The van der Waals surface area contributed by atoms with Crippen molar-refractivity contribution in [2.24, 2.45) is 0 Å². The second-order valence-corrected chi connectivity index (χ2v) is 10.6. The number of likely N-dealkylation sites (N-methyl/N-ethyl adjacent to an activating group) is 1. The minimum Gasteiger partial charge on any atom is -0.497 e. The zero-order valence-electron chi connectivity index (χ0n) is 19.3. The third-order valence-corrected chi connectivity index (χ3v) is 7.92. The third kappa shape index (κ3) is 4.29. The number of anilines is 2. The summed E-state index contributed by atoms with van der Waals surface area (Å²) in [7, 11) is -0.583. The summed E-state index contributed by atoms with van der Waals surface area (Å²) in [6, 6.07) is 18.7. The monoisotopic (exact) mass is 496 g/mol.